The summed E-state index contributed by atoms with van der Waals surface area (Å²) >= 11 is 0. The third kappa shape index (κ3) is 3.18. The van der Waals surface area contributed by atoms with Crippen LogP contribution in [0, 0.1) is 6.92 Å². The Labute approximate surface area is 95.5 Å². The van der Waals surface area contributed by atoms with Crippen molar-refractivity contribution < 1.29 is 9.53 Å². The van der Waals surface area contributed by atoms with Gasteiger partial charge in [-0.25, -0.2) is 9.97 Å². The number of nitrogens with zero attached hydrogens (tertiary/aromatic N) is 3. The average Bonchev–Trinajstić information content (AvgIpc) is 2.25. The molecule has 1 rings (SSSR count). The van der Waals surface area contributed by atoms with E-state index in [1.54, 1.807) is 11.1 Å². The van der Waals surface area contributed by atoms with Crippen LogP contribution < -0.4 is 4.90 Å². The Hall–Kier alpha value is -1.65. The fourth-order valence-corrected chi connectivity index (χ4v) is 1.26. The van der Waals surface area contributed by atoms with Crippen LogP contribution in [0.3, 0.4) is 0 Å². The van der Waals surface area contributed by atoms with Crippen molar-refractivity contribution in [2.75, 3.05) is 18.6 Å². The van der Waals surface area contributed by atoms with Crippen molar-refractivity contribution in [3.05, 3.63) is 18.0 Å². The average molecular weight is 223 g/mol. The zero-order chi connectivity index (χ0) is 12.1. The Morgan fingerprint density at radius 2 is 2.25 bits per heavy atom. The molecule has 0 atom stereocenters. The molecular formula is C11H17N3O2. The quantitative estimate of drug-likeness (QED) is 0.717. The summed E-state index contributed by atoms with van der Waals surface area (Å²) in [4.78, 5) is 21.5. The van der Waals surface area contributed by atoms with Gasteiger partial charge in [0.1, 0.15) is 6.54 Å². The van der Waals surface area contributed by atoms with Crippen molar-refractivity contribution in [1.82, 2.24) is 9.97 Å². The van der Waals surface area contributed by atoms with Gasteiger partial charge in [-0.05, 0) is 26.8 Å². The van der Waals surface area contributed by atoms with Crippen LogP contribution in [-0.4, -0.2) is 35.6 Å². The van der Waals surface area contributed by atoms with Gasteiger partial charge in [0.2, 0.25) is 5.95 Å². The van der Waals surface area contributed by atoms with E-state index in [-0.39, 0.29) is 18.6 Å². The van der Waals surface area contributed by atoms with E-state index < -0.39 is 0 Å². The van der Waals surface area contributed by atoms with Gasteiger partial charge in [-0.3, -0.25) is 4.79 Å². The van der Waals surface area contributed by atoms with Crippen LogP contribution in [-0.2, 0) is 9.53 Å². The number of hydrogen-bond donors (Lipinski definition) is 0. The lowest BCUT2D eigenvalue weighted by molar-refractivity contribution is -0.139. The number of esters is 1. The zero-order valence-electron chi connectivity index (χ0n) is 10.1. The Morgan fingerprint density at radius 1 is 1.56 bits per heavy atom. The van der Waals surface area contributed by atoms with E-state index >= 15 is 0 Å². The minimum absolute atomic E-state index is 0.140. The Balaban J connectivity index is 2.89. The minimum Gasteiger partial charge on any atom is -0.468 e. The lowest BCUT2D eigenvalue weighted by Gasteiger charge is -2.25. The number of rotatable bonds is 4. The molecule has 0 spiro atoms. The normalized spacial score (nSPS) is 10.3. The van der Waals surface area contributed by atoms with Crippen LogP contribution in [0.4, 0.5) is 5.95 Å². The molecule has 0 N–H and O–H groups in total. The van der Waals surface area contributed by atoms with Crippen LogP contribution in [0.2, 0.25) is 0 Å². The lowest BCUT2D eigenvalue weighted by atomic mass is 10.3. The van der Waals surface area contributed by atoms with Gasteiger partial charge in [-0.2, -0.15) is 0 Å². The van der Waals surface area contributed by atoms with Crippen molar-refractivity contribution in [3.8, 4) is 0 Å². The summed E-state index contributed by atoms with van der Waals surface area (Å²) in [5.41, 5.74) is 0.875. The second-order valence-electron chi connectivity index (χ2n) is 3.80. The van der Waals surface area contributed by atoms with Crippen molar-refractivity contribution in [2.24, 2.45) is 0 Å². The summed E-state index contributed by atoms with van der Waals surface area (Å²) in [5.74, 6) is 0.263. The maximum absolute atomic E-state index is 11.3. The molecule has 0 bridgehead atoms. The second-order valence-corrected chi connectivity index (χ2v) is 3.80. The van der Waals surface area contributed by atoms with Gasteiger partial charge < -0.3 is 9.64 Å². The monoisotopic (exact) mass is 223 g/mol. The van der Waals surface area contributed by atoms with Crippen LogP contribution in [0.1, 0.15) is 19.5 Å². The maximum Gasteiger partial charge on any atom is 0.325 e. The van der Waals surface area contributed by atoms with Gasteiger partial charge in [0.15, 0.2) is 0 Å². The highest BCUT2D eigenvalue weighted by molar-refractivity contribution is 5.74. The Bertz CT molecular complexity index is 366. The molecule has 0 aromatic carbocycles. The molecule has 0 aliphatic carbocycles. The van der Waals surface area contributed by atoms with E-state index in [4.69, 9.17) is 0 Å². The van der Waals surface area contributed by atoms with Gasteiger partial charge >= 0.3 is 5.97 Å². The number of methoxy groups -OCH3 is 1. The smallest absolute Gasteiger partial charge is 0.325 e. The van der Waals surface area contributed by atoms with Crippen LogP contribution in [0.25, 0.3) is 0 Å². The summed E-state index contributed by atoms with van der Waals surface area (Å²) < 4.78 is 4.65. The number of ether oxygens (including phenoxy) is 1. The van der Waals surface area contributed by atoms with Crippen LogP contribution >= 0.6 is 0 Å². The maximum atomic E-state index is 11.3. The first-order valence-electron chi connectivity index (χ1n) is 5.17. The molecule has 0 unspecified atom stereocenters. The van der Waals surface area contributed by atoms with Crippen molar-refractivity contribution in [2.45, 2.75) is 26.8 Å². The molecule has 0 saturated carbocycles. The summed E-state index contributed by atoms with van der Waals surface area (Å²) in [5, 5.41) is 0. The van der Waals surface area contributed by atoms with E-state index in [9.17, 15) is 4.79 Å². The SMILES string of the molecule is COC(=O)CN(c1nccc(C)n1)C(C)C. The number of aryl methyl sites for hydroxylation is 1. The third-order valence-corrected chi connectivity index (χ3v) is 2.19. The first-order chi connectivity index (χ1) is 7.54. The molecular weight excluding hydrogens is 206 g/mol. The fourth-order valence-electron chi connectivity index (χ4n) is 1.26. The number of hydrogen-bond acceptors (Lipinski definition) is 5. The van der Waals surface area contributed by atoms with Crippen LogP contribution in [0.5, 0.6) is 0 Å². The molecule has 0 fully saturated rings. The predicted octanol–water partition coefficient (Wildman–Crippen LogP) is 1.17. The number of anilines is 1. The molecule has 1 heterocycles. The van der Waals surface area contributed by atoms with Crippen molar-refractivity contribution in [1.29, 1.82) is 0 Å². The van der Waals surface area contributed by atoms with Gasteiger partial charge in [0.05, 0.1) is 7.11 Å². The first kappa shape index (κ1) is 12.4. The third-order valence-electron chi connectivity index (χ3n) is 2.19. The van der Waals surface area contributed by atoms with E-state index in [1.165, 1.54) is 7.11 Å². The summed E-state index contributed by atoms with van der Waals surface area (Å²) in [7, 11) is 1.37. The molecule has 0 radical (unpaired) electrons. The summed E-state index contributed by atoms with van der Waals surface area (Å²) in [6.07, 6.45) is 1.68. The number of carbonyl (C=O) groups excluding carboxylic acids is 1. The summed E-state index contributed by atoms with van der Waals surface area (Å²) in [6, 6.07) is 1.96. The highest BCUT2D eigenvalue weighted by Crippen LogP contribution is 2.10. The zero-order valence-corrected chi connectivity index (χ0v) is 10.1. The number of aromatic nitrogens is 2. The predicted molar refractivity (Wildman–Crippen MR) is 61.3 cm³/mol. The van der Waals surface area contributed by atoms with E-state index in [0.29, 0.717) is 5.95 Å². The topological polar surface area (TPSA) is 55.3 Å². The lowest BCUT2D eigenvalue weighted by Crippen LogP contribution is -2.37. The second kappa shape index (κ2) is 5.44. The van der Waals surface area contributed by atoms with Crippen LogP contribution in [0.15, 0.2) is 12.3 Å². The highest BCUT2D eigenvalue weighted by Gasteiger charge is 2.17. The van der Waals surface area contributed by atoms with E-state index in [1.807, 2.05) is 26.8 Å². The van der Waals surface area contributed by atoms with Crippen molar-refractivity contribution in [3.63, 3.8) is 0 Å². The molecule has 0 aliphatic heterocycles. The molecule has 0 aliphatic rings. The van der Waals surface area contributed by atoms with Gasteiger partial charge in [0, 0.05) is 17.9 Å². The molecule has 88 valence electrons. The Morgan fingerprint density at radius 3 is 2.75 bits per heavy atom. The van der Waals surface area contributed by atoms with Gasteiger partial charge in [-0.15, -0.1) is 0 Å². The molecule has 16 heavy (non-hydrogen) atoms. The van der Waals surface area contributed by atoms with Crippen molar-refractivity contribution >= 4 is 11.9 Å². The molecule has 5 heteroatoms. The fraction of sp³-hybridized carbons (Fsp3) is 0.545. The standard InChI is InChI=1S/C11H17N3O2/c1-8(2)14(7-10(15)16-4)11-12-6-5-9(3)13-11/h5-6,8H,7H2,1-4H3. The molecule has 5 nitrogen and oxygen atoms in total. The van der Waals surface area contributed by atoms with E-state index in [2.05, 4.69) is 14.7 Å². The Kier molecular flexibility index (Phi) is 4.22. The first-order valence-corrected chi connectivity index (χ1v) is 5.17. The molecule has 1 aromatic rings. The van der Waals surface area contributed by atoms with Gasteiger partial charge in [-0.1, -0.05) is 0 Å². The minimum atomic E-state index is -0.293. The largest absolute Gasteiger partial charge is 0.468 e. The molecule has 0 amide bonds. The molecule has 0 saturated heterocycles. The van der Waals surface area contributed by atoms with Gasteiger partial charge in [0.25, 0.3) is 0 Å². The number of carbonyl (C=O) groups is 1. The van der Waals surface area contributed by atoms with E-state index in [0.717, 1.165) is 5.69 Å². The molecule has 1 aromatic heterocycles. The highest BCUT2D eigenvalue weighted by atomic mass is 16.5. The summed E-state index contributed by atoms with van der Waals surface area (Å²) in [6.45, 7) is 6.02.